The zero-order chi connectivity index (χ0) is 11.2. The average molecular weight is 210 g/mol. The van der Waals surface area contributed by atoms with Crippen molar-refractivity contribution in [3.63, 3.8) is 0 Å². The molecule has 0 radical (unpaired) electrons. The number of benzene rings is 1. The van der Waals surface area contributed by atoms with Crippen LogP contribution in [0.2, 0.25) is 0 Å². The summed E-state index contributed by atoms with van der Waals surface area (Å²) in [6.45, 7) is 0.908. The molecular weight excluding hydrogens is 196 g/mol. The third kappa shape index (κ3) is 2.52. The van der Waals surface area contributed by atoms with E-state index in [1.807, 2.05) is 29.0 Å². The van der Waals surface area contributed by atoms with Crippen molar-refractivity contribution in [1.82, 2.24) is 4.57 Å². The van der Waals surface area contributed by atoms with Crippen molar-refractivity contribution >= 4 is 0 Å². The van der Waals surface area contributed by atoms with Crippen LogP contribution in [-0.4, -0.2) is 4.57 Å². The molecule has 0 saturated heterocycles. The lowest BCUT2D eigenvalue weighted by Gasteiger charge is -2.04. The van der Waals surface area contributed by atoms with Gasteiger partial charge in [-0.25, -0.2) is 0 Å². The maximum Gasteiger partial charge on any atom is 0.120 e. The number of nitrogens with zero attached hydrogens (tertiary/aromatic N) is 2. The van der Waals surface area contributed by atoms with Gasteiger partial charge in [0.15, 0.2) is 0 Å². The fourth-order valence-corrected chi connectivity index (χ4v) is 1.81. The Bertz CT molecular complexity index is 477. The SMILES string of the molecule is N#Cc1cccn1CCCc1ccccc1. The number of hydrogen-bond acceptors (Lipinski definition) is 1. The number of aromatic nitrogens is 1. The molecule has 0 saturated carbocycles. The highest BCUT2D eigenvalue weighted by Crippen LogP contribution is 2.06. The Hall–Kier alpha value is -2.01. The predicted molar refractivity (Wildman–Crippen MR) is 63.9 cm³/mol. The maximum absolute atomic E-state index is 8.85. The minimum absolute atomic E-state index is 0.744. The van der Waals surface area contributed by atoms with E-state index in [9.17, 15) is 0 Å². The first kappa shape index (κ1) is 10.5. The van der Waals surface area contributed by atoms with Crippen molar-refractivity contribution < 1.29 is 0 Å². The summed E-state index contributed by atoms with van der Waals surface area (Å²) in [5.41, 5.74) is 2.10. The van der Waals surface area contributed by atoms with Gasteiger partial charge in [0.05, 0.1) is 0 Å². The van der Waals surface area contributed by atoms with Gasteiger partial charge >= 0.3 is 0 Å². The van der Waals surface area contributed by atoms with Crippen LogP contribution in [0.25, 0.3) is 0 Å². The Kier molecular flexibility index (Phi) is 3.40. The number of hydrogen-bond donors (Lipinski definition) is 0. The van der Waals surface area contributed by atoms with Crippen molar-refractivity contribution in [2.45, 2.75) is 19.4 Å². The molecular formula is C14H14N2. The van der Waals surface area contributed by atoms with Gasteiger partial charge in [-0.3, -0.25) is 0 Å². The van der Waals surface area contributed by atoms with Gasteiger partial charge in [0, 0.05) is 12.7 Å². The van der Waals surface area contributed by atoms with E-state index in [4.69, 9.17) is 5.26 Å². The molecule has 1 aromatic heterocycles. The Morgan fingerprint density at radius 2 is 1.88 bits per heavy atom. The first-order chi connectivity index (χ1) is 7.90. The molecule has 0 aliphatic carbocycles. The second-order valence-corrected chi connectivity index (χ2v) is 3.79. The van der Waals surface area contributed by atoms with Gasteiger partial charge in [0.25, 0.3) is 0 Å². The first-order valence-corrected chi connectivity index (χ1v) is 5.49. The fourth-order valence-electron chi connectivity index (χ4n) is 1.81. The smallest absolute Gasteiger partial charge is 0.120 e. The zero-order valence-electron chi connectivity index (χ0n) is 9.13. The van der Waals surface area contributed by atoms with Crippen molar-refractivity contribution in [2.24, 2.45) is 0 Å². The standard InChI is InChI=1S/C14H14N2/c15-12-14-9-5-11-16(14)10-4-8-13-6-2-1-3-7-13/h1-3,5-7,9,11H,4,8,10H2. The van der Waals surface area contributed by atoms with E-state index in [0.717, 1.165) is 25.1 Å². The van der Waals surface area contributed by atoms with Crippen LogP contribution in [0.3, 0.4) is 0 Å². The summed E-state index contributed by atoms with van der Waals surface area (Å²) in [5, 5.41) is 8.85. The molecule has 16 heavy (non-hydrogen) atoms. The largest absolute Gasteiger partial charge is 0.339 e. The molecule has 0 amide bonds. The molecule has 0 aliphatic rings. The number of aryl methyl sites for hydroxylation is 2. The molecule has 2 heteroatoms. The molecule has 2 rings (SSSR count). The van der Waals surface area contributed by atoms with Gasteiger partial charge in [-0.2, -0.15) is 5.26 Å². The van der Waals surface area contributed by atoms with E-state index in [0.29, 0.717) is 0 Å². The molecule has 0 aliphatic heterocycles. The fraction of sp³-hybridized carbons (Fsp3) is 0.214. The van der Waals surface area contributed by atoms with Crippen LogP contribution in [0, 0.1) is 11.3 Å². The van der Waals surface area contributed by atoms with Gasteiger partial charge in [-0.15, -0.1) is 0 Å². The molecule has 0 unspecified atom stereocenters. The van der Waals surface area contributed by atoms with E-state index in [1.54, 1.807) is 0 Å². The van der Waals surface area contributed by atoms with E-state index in [-0.39, 0.29) is 0 Å². The Balaban J connectivity index is 1.88. The summed E-state index contributed by atoms with van der Waals surface area (Å²) in [4.78, 5) is 0. The van der Waals surface area contributed by atoms with Gasteiger partial charge in [-0.05, 0) is 30.5 Å². The lowest BCUT2D eigenvalue weighted by atomic mass is 10.1. The van der Waals surface area contributed by atoms with Crippen LogP contribution < -0.4 is 0 Å². The summed E-state index contributed by atoms with van der Waals surface area (Å²) in [6, 6.07) is 16.4. The van der Waals surface area contributed by atoms with Crippen molar-refractivity contribution in [3.8, 4) is 6.07 Å². The van der Waals surface area contributed by atoms with Gasteiger partial charge in [-0.1, -0.05) is 30.3 Å². The Morgan fingerprint density at radius 1 is 1.06 bits per heavy atom. The quantitative estimate of drug-likeness (QED) is 0.762. The van der Waals surface area contributed by atoms with Crippen LogP contribution in [0.15, 0.2) is 48.7 Å². The van der Waals surface area contributed by atoms with Crippen LogP contribution in [-0.2, 0) is 13.0 Å². The first-order valence-electron chi connectivity index (χ1n) is 5.49. The van der Waals surface area contributed by atoms with Crippen LogP contribution >= 0.6 is 0 Å². The zero-order valence-corrected chi connectivity index (χ0v) is 9.13. The summed E-state index contributed by atoms with van der Waals surface area (Å²) in [7, 11) is 0. The minimum atomic E-state index is 0.744. The number of rotatable bonds is 4. The molecule has 2 aromatic rings. The summed E-state index contributed by atoms with van der Waals surface area (Å²) >= 11 is 0. The molecule has 0 N–H and O–H groups in total. The van der Waals surface area contributed by atoms with E-state index in [1.165, 1.54) is 5.56 Å². The molecule has 0 atom stereocenters. The van der Waals surface area contributed by atoms with Crippen molar-refractivity contribution in [1.29, 1.82) is 5.26 Å². The van der Waals surface area contributed by atoms with Crippen LogP contribution in [0.1, 0.15) is 17.7 Å². The second kappa shape index (κ2) is 5.18. The van der Waals surface area contributed by atoms with Gasteiger partial charge in [0.1, 0.15) is 11.8 Å². The monoisotopic (exact) mass is 210 g/mol. The summed E-state index contributed by atoms with van der Waals surface area (Å²) in [6.07, 6.45) is 4.08. The predicted octanol–water partition coefficient (Wildman–Crippen LogP) is 2.99. The number of nitriles is 1. The highest BCUT2D eigenvalue weighted by atomic mass is 15.0. The molecule has 1 aromatic carbocycles. The third-order valence-electron chi connectivity index (χ3n) is 2.65. The van der Waals surface area contributed by atoms with E-state index >= 15 is 0 Å². The van der Waals surface area contributed by atoms with Crippen molar-refractivity contribution in [3.05, 3.63) is 59.9 Å². The van der Waals surface area contributed by atoms with Crippen LogP contribution in [0.5, 0.6) is 0 Å². The van der Waals surface area contributed by atoms with E-state index < -0.39 is 0 Å². The summed E-state index contributed by atoms with van der Waals surface area (Å²) in [5.74, 6) is 0. The Labute approximate surface area is 95.8 Å². The highest BCUT2D eigenvalue weighted by molar-refractivity contribution is 5.22. The lowest BCUT2D eigenvalue weighted by Crippen LogP contribution is -2.00. The minimum Gasteiger partial charge on any atom is -0.339 e. The van der Waals surface area contributed by atoms with Crippen LogP contribution in [0.4, 0.5) is 0 Å². The molecule has 0 bridgehead atoms. The maximum atomic E-state index is 8.85. The second-order valence-electron chi connectivity index (χ2n) is 3.79. The molecule has 0 fully saturated rings. The third-order valence-corrected chi connectivity index (χ3v) is 2.65. The molecule has 2 nitrogen and oxygen atoms in total. The van der Waals surface area contributed by atoms with Crippen molar-refractivity contribution in [2.75, 3.05) is 0 Å². The molecule has 0 spiro atoms. The topological polar surface area (TPSA) is 28.7 Å². The van der Waals surface area contributed by atoms with Gasteiger partial charge < -0.3 is 4.57 Å². The lowest BCUT2D eigenvalue weighted by molar-refractivity contribution is 0.640. The highest BCUT2D eigenvalue weighted by Gasteiger charge is 1.98. The van der Waals surface area contributed by atoms with Gasteiger partial charge in [0.2, 0.25) is 0 Å². The molecule has 1 heterocycles. The molecule has 80 valence electrons. The van der Waals surface area contributed by atoms with E-state index in [2.05, 4.69) is 30.3 Å². The summed E-state index contributed by atoms with van der Waals surface area (Å²) < 4.78 is 2.00. The Morgan fingerprint density at radius 3 is 2.62 bits per heavy atom. The average Bonchev–Trinajstić information content (AvgIpc) is 2.78. The normalized spacial score (nSPS) is 9.94.